The van der Waals surface area contributed by atoms with Gasteiger partial charge in [0.25, 0.3) is 0 Å². The van der Waals surface area contributed by atoms with Crippen LogP contribution >= 0.6 is 0 Å². The van der Waals surface area contributed by atoms with Crippen LogP contribution in [0, 0.1) is 0 Å². The van der Waals surface area contributed by atoms with Gasteiger partial charge >= 0.3 is 0 Å². The summed E-state index contributed by atoms with van der Waals surface area (Å²) in [5, 5.41) is 0. The zero-order chi connectivity index (χ0) is 6.78. The van der Waals surface area contributed by atoms with Crippen molar-refractivity contribution in [3.05, 3.63) is 0 Å². The molecule has 0 aromatic rings. The predicted octanol–water partition coefficient (Wildman–Crippen LogP) is -0.684. The van der Waals surface area contributed by atoms with Gasteiger partial charge in [-0.1, -0.05) is 4.47 Å². The first-order valence-corrected chi connectivity index (χ1v) is 3.09. The molecule has 0 aliphatic carbocycles. The lowest BCUT2D eigenvalue weighted by atomic mass is 11.5. The van der Waals surface area contributed by atoms with Crippen LogP contribution in [-0.2, 0) is 15.1 Å². The summed E-state index contributed by atoms with van der Waals surface area (Å²) in [7, 11) is -2.28. The lowest BCUT2D eigenvalue weighted by Gasteiger charge is -2.15. The number of hydroxylamine groups is 1. The quantitative estimate of drug-likeness (QED) is 0.424. The topological polar surface area (TPSA) is 106 Å². The monoisotopic (exact) mass is 158 g/mol. The van der Waals surface area contributed by atoms with Gasteiger partial charge in [-0.25, -0.2) is 8.42 Å². The Morgan fingerprint density at radius 3 is 1.89 bits per heavy atom. The predicted molar refractivity (Wildman–Crippen MR) is 30.5 cm³/mol. The van der Waals surface area contributed by atoms with Crippen molar-refractivity contribution in [2.75, 3.05) is 14.2 Å². The van der Waals surface area contributed by atoms with Crippen LogP contribution in [0.25, 0.3) is 0 Å². The molecule has 0 spiro atoms. The highest BCUT2D eigenvalue weighted by Crippen LogP contribution is 1.88. The highest BCUT2D eigenvalue weighted by molar-refractivity contribution is 7.83. The van der Waals surface area contributed by atoms with Crippen molar-refractivity contribution in [1.82, 2.24) is 10.6 Å². The van der Waals surface area contributed by atoms with E-state index < -0.39 is 10.3 Å². The molecule has 0 aromatic heterocycles. The summed E-state index contributed by atoms with van der Waals surface area (Å²) < 4.78 is 29.7. The van der Waals surface area contributed by atoms with E-state index >= 15 is 0 Å². The number of nitrogens with zero attached hydrogens (tertiary/aromatic N) is 1. The molecule has 9 heavy (non-hydrogen) atoms. The molecule has 7 heteroatoms. The molecular weight excluding hydrogens is 148 g/mol. The van der Waals surface area contributed by atoms with Crippen molar-refractivity contribution < 1.29 is 17.8 Å². The molecule has 6 nitrogen and oxygen atoms in total. The zero-order valence-corrected chi connectivity index (χ0v) is 6.30. The highest BCUT2D eigenvalue weighted by Gasteiger charge is 1.99. The molecule has 0 aliphatic rings. The minimum atomic E-state index is -4.39. The summed E-state index contributed by atoms with van der Waals surface area (Å²) in [5.74, 6) is 0. The normalized spacial score (nSPS) is 11.1. The number of quaternary nitrogens is 1. The molecule has 0 heterocycles. The number of hydrogen-bond donors (Lipinski definition) is 1. The molecule has 58 valence electrons. The van der Waals surface area contributed by atoms with E-state index in [1.165, 1.54) is 0 Å². The van der Waals surface area contributed by atoms with Gasteiger partial charge in [0.2, 0.25) is 0 Å². The maximum Gasteiger partial charge on any atom is 0.184 e. The molecule has 0 aliphatic heterocycles. The fourth-order valence-electron chi connectivity index (χ4n) is 0.0913. The standard InChI is InChI=1S/C2H7NO4S.H3N/c1-3(7-2)8(4,5)6;/h1-2H3,(H,4,5,6);1H3. The summed E-state index contributed by atoms with van der Waals surface area (Å²) in [6, 6.07) is 0. The Hall–Kier alpha value is -0.210. The van der Waals surface area contributed by atoms with Crippen LogP contribution < -0.4 is 6.15 Å². The number of rotatable bonds is 2. The third-order valence-electron chi connectivity index (χ3n) is 0.572. The van der Waals surface area contributed by atoms with Gasteiger partial charge < -0.3 is 10.7 Å². The zero-order valence-electron chi connectivity index (χ0n) is 5.49. The second-order valence-corrected chi connectivity index (χ2v) is 2.42. The van der Waals surface area contributed by atoms with Gasteiger partial charge in [-0.3, -0.25) is 4.84 Å². The van der Waals surface area contributed by atoms with E-state index in [-0.39, 0.29) is 10.6 Å². The molecule has 0 aromatic carbocycles. The largest absolute Gasteiger partial charge is 0.734 e. The van der Waals surface area contributed by atoms with E-state index in [9.17, 15) is 13.0 Å². The van der Waals surface area contributed by atoms with E-state index in [2.05, 4.69) is 4.84 Å². The highest BCUT2D eigenvalue weighted by atomic mass is 32.2. The van der Waals surface area contributed by atoms with Crippen LogP contribution in [-0.4, -0.2) is 31.6 Å². The van der Waals surface area contributed by atoms with Gasteiger partial charge in [-0.05, 0) is 0 Å². The Bertz CT molecular complexity index is 152. The average molecular weight is 158 g/mol. The van der Waals surface area contributed by atoms with Crippen LogP contribution in [0.3, 0.4) is 0 Å². The summed E-state index contributed by atoms with van der Waals surface area (Å²) in [5.41, 5.74) is 0. The minimum absolute atomic E-state index is 0. The lowest BCUT2D eigenvalue weighted by molar-refractivity contribution is -0.0346. The van der Waals surface area contributed by atoms with Crippen LogP contribution in [0.4, 0.5) is 0 Å². The van der Waals surface area contributed by atoms with Crippen molar-refractivity contribution in [1.29, 1.82) is 0 Å². The Balaban J connectivity index is 0. The summed E-state index contributed by atoms with van der Waals surface area (Å²) in [6.07, 6.45) is 0. The van der Waals surface area contributed by atoms with Crippen LogP contribution in [0.5, 0.6) is 0 Å². The Kier molecular flexibility index (Phi) is 4.82. The van der Waals surface area contributed by atoms with Gasteiger partial charge in [-0.15, -0.1) is 0 Å². The van der Waals surface area contributed by atoms with E-state index in [0.29, 0.717) is 0 Å². The smallest absolute Gasteiger partial charge is 0.184 e. The molecule has 0 rings (SSSR count). The Morgan fingerprint density at radius 2 is 1.89 bits per heavy atom. The summed E-state index contributed by atoms with van der Waals surface area (Å²) >= 11 is 0. The van der Waals surface area contributed by atoms with E-state index in [0.717, 1.165) is 14.2 Å². The summed E-state index contributed by atoms with van der Waals surface area (Å²) in [4.78, 5) is 4.05. The molecule has 0 amide bonds. The molecule has 4 N–H and O–H groups in total. The minimum Gasteiger partial charge on any atom is -0.734 e. The van der Waals surface area contributed by atoms with Crippen molar-refractivity contribution in [2.24, 2.45) is 0 Å². The Morgan fingerprint density at radius 1 is 1.56 bits per heavy atom. The molecule has 0 saturated heterocycles. The van der Waals surface area contributed by atoms with Gasteiger partial charge in [0.15, 0.2) is 10.3 Å². The molecule has 0 fully saturated rings. The summed E-state index contributed by atoms with van der Waals surface area (Å²) in [6.45, 7) is 0. The fourth-order valence-corrected chi connectivity index (χ4v) is 0.274. The van der Waals surface area contributed by atoms with Crippen molar-refractivity contribution in [2.45, 2.75) is 0 Å². The fraction of sp³-hybridized carbons (Fsp3) is 1.00. The van der Waals surface area contributed by atoms with Crippen molar-refractivity contribution >= 4 is 10.3 Å². The van der Waals surface area contributed by atoms with E-state index in [1.54, 1.807) is 0 Å². The van der Waals surface area contributed by atoms with Crippen LogP contribution in [0.2, 0.25) is 0 Å². The molecule has 0 saturated carbocycles. The first-order chi connectivity index (χ1) is 3.48. The average Bonchev–Trinajstić information content (AvgIpc) is 1.62. The third kappa shape index (κ3) is 4.30. The van der Waals surface area contributed by atoms with Crippen molar-refractivity contribution in [3.63, 3.8) is 0 Å². The Labute approximate surface area is 53.8 Å². The molecule has 0 bridgehead atoms. The van der Waals surface area contributed by atoms with Crippen molar-refractivity contribution in [3.8, 4) is 0 Å². The molecule has 0 unspecified atom stereocenters. The third-order valence-corrected chi connectivity index (χ3v) is 1.35. The van der Waals surface area contributed by atoms with E-state index in [4.69, 9.17) is 0 Å². The molecule has 0 atom stereocenters. The second-order valence-electron chi connectivity index (χ2n) is 1.05. The SMILES string of the molecule is CON(C)S(=O)(=O)[O-].[NH4+]. The maximum atomic E-state index is 9.81. The first kappa shape index (κ1) is 11.6. The van der Waals surface area contributed by atoms with Gasteiger partial charge in [0, 0.05) is 7.05 Å². The van der Waals surface area contributed by atoms with Gasteiger partial charge in [0.1, 0.15) is 0 Å². The molecular formula is C2H10N2O4S. The first-order valence-electron chi connectivity index (χ1n) is 1.72. The molecule has 0 radical (unpaired) electrons. The van der Waals surface area contributed by atoms with E-state index in [1.807, 2.05) is 0 Å². The van der Waals surface area contributed by atoms with Crippen LogP contribution in [0.15, 0.2) is 0 Å². The van der Waals surface area contributed by atoms with Gasteiger partial charge in [0.05, 0.1) is 7.11 Å². The number of hydrogen-bond acceptors (Lipinski definition) is 4. The lowest BCUT2D eigenvalue weighted by Crippen LogP contribution is -2.24. The van der Waals surface area contributed by atoms with Crippen LogP contribution in [0.1, 0.15) is 0 Å². The maximum absolute atomic E-state index is 9.81. The van der Waals surface area contributed by atoms with Gasteiger partial charge in [-0.2, -0.15) is 0 Å². The second kappa shape index (κ2) is 3.75.